The van der Waals surface area contributed by atoms with E-state index in [0.717, 1.165) is 41.3 Å². The molecule has 3 N–H and O–H groups in total. The van der Waals surface area contributed by atoms with E-state index in [4.69, 9.17) is 10.5 Å². The number of amides is 2. The normalized spacial score (nSPS) is 20.0. The van der Waals surface area contributed by atoms with Gasteiger partial charge in [-0.3, -0.25) is 9.59 Å². The SMILES string of the molecule is COc1ccc2cccc(CC(=O)NC3CCCC3C(N)=O)c2c1. The second-order valence-electron chi connectivity index (χ2n) is 6.29. The van der Waals surface area contributed by atoms with Crippen molar-refractivity contribution in [1.29, 1.82) is 0 Å². The van der Waals surface area contributed by atoms with Crippen LogP contribution in [0.25, 0.3) is 10.8 Å². The van der Waals surface area contributed by atoms with Gasteiger partial charge in [-0.2, -0.15) is 0 Å². The number of hydrogen-bond donors (Lipinski definition) is 2. The predicted molar refractivity (Wildman–Crippen MR) is 92.7 cm³/mol. The molecule has 5 heteroatoms. The largest absolute Gasteiger partial charge is 0.497 e. The Morgan fingerprint density at radius 2 is 2.08 bits per heavy atom. The zero-order valence-electron chi connectivity index (χ0n) is 13.7. The minimum absolute atomic E-state index is 0.0801. The molecule has 5 nitrogen and oxygen atoms in total. The molecule has 1 saturated carbocycles. The Bertz CT molecular complexity index is 772. The van der Waals surface area contributed by atoms with E-state index in [0.29, 0.717) is 0 Å². The first kappa shape index (κ1) is 16.3. The number of ether oxygens (including phenoxy) is 1. The number of hydrogen-bond acceptors (Lipinski definition) is 3. The van der Waals surface area contributed by atoms with Crippen molar-refractivity contribution in [3.8, 4) is 5.75 Å². The lowest BCUT2D eigenvalue weighted by atomic mass is 10.00. The van der Waals surface area contributed by atoms with Gasteiger partial charge < -0.3 is 15.8 Å². The molecule has 0 radical (unpaired) electrons. The lowest BCUT2D eigenvalue weighted by Gasteiger charge is -2.18. The Hall–Kier alpha value is -2.56. The standard InChI is InChI=1S/C19H22N2O3/c1-24-14-9-8-12-4-2-5-13(16(12)11-14)10-18(22)21-17-7-3-6-15(17)19(20)23/h2,4-5,8-9,11,15,17H,3,6-7,10H2,1H3,(H2,20,23)(H,21,22). The maximum absolute atomic E-state index is 12.4. The summed E-state index contributed by atoms with van der Waals surface area (Å²) in [5.74, 6) is 0.109. The second-order valence-corrected chi connectivity index (χ2v) is 6.29. The van der Waals surface area contributed by atoms with E-state index >= 15 is 0 Å². The van der Waals surface area contributed by atoms with Gasteiger partial charge >= 0.3 is 0 Å². The highest BCUT2D eigenvalue weighted by Gasteiger charge is 2.32. The molecular weight excluding hydrogens is 304 g/mol. The third-order valence-electron chi connectivity index (χ3n) is 4.76. The Morgan fingerprint density at radius 3 is 2.83 bits per heavy atom. The first-order chi connectivity index (χ1) is 11.6. The third-order valence-corrected chi connectivity index (χ3v) is 4.76. The minimum Gasteiger partial charge on any atom is -0.497 e. The molecule has 2 aromatic carbocycles. The summed E-state index contributed by atoms with van der Waals surface area (Å²) in [4.78, 5) is 23.9. The van der Waals surface area contributed by atoms with Crippen LogP contribution in [0.2, 0.25) is 0 Å². The maximum atomic E-state index is 12.4. The molecule has 2 unspecified atom stereocenters. The van der Waals surface area contributed by atoms with Gasteiger partial charge in [0.25, 0.3) is 0 Å². The summed E-state index contributed by atoms with van der Waals surface area (Å²) >= 11 is 0. The average Bonchev–Trinajstić information content (AvgIpc) is 3.03. The van der Waals surface area contributed by atoms with Gasteiger partial charge in [0.2, 0.25) is 11.8 Å². The van der Waals surface area contributed by atoms with Crippen molar-refractivity contribution in [1.82, 2.24) is 5.32 Å². The van der Waals surface area contributed by atoms with Crippen LogP contribution in [0.1, 0.15) is 24.8 Å². The lowest BCUT2D eigenvalue weighted by molar-refractivity contribution is -0.124. The molecule has 126 valence electrons. The third kappa shape index (κ3) is 3.35. The van der Waals surface area contributed by atoms with Crippen molar-refractivity contribution >= 4 is 22.6 Å². The van der Waals surface area contributed by atoms with Gasteiger partial charge in [-0.15, -0.1) is 0 Å². The first-order valence-corrected chi connectivity index (χ1v) is 8.23. The number of carbonyl (C=O) groups excluding carboxylic acids is 2. The monoisotopic (exact) mass is 326 g/mol. The zero-order chi connectivity index (χ0) is 17.1. The molecule has 0 saturated heterocycles. The number of fused-ring (bicyclic) bond motifs is 1. The molecule has 2 atom stereocenters. The molecule has 3 rings (SSSR count). The summed E-state index contributed by atoms with van der Waals surface area (Å²) in [6.45, 7) is 0. The number of nitrogens with two attached hydrogens (primary N) is 1. The van der Waals surface area contributed by atoms with Crippen LogP contribution in [0.3, 0.4) is 0 Å². The summed E-state index contributed by atoms with van der Waals surface area (Å²) in [6, 6.07) is 11.6. The zero-order valence-corrected chi connectivity index (χ0v) is 13.7. The van der Waals surface area contributed by atoms with E-state index in [-0.39, 0.29) is 30.2 Å². The van der Waals surface area contributed by atoms with Crippen LogP contribution >= 0.6 is 0 Å². The van der Waals surface area contributed by atoms with Crippen molar-refractivity contribution < 1.29 is 14.3 Å². The van der Waals surface area contributed by atoms with Gasteiger partial charge in [-0.05, 0) is 41.3 Å². The van der Waals surface area contributed by atoms with Crippen LogP contribution in [0.15, 0.2) is 36.4 Å². The molecule has 0 aliphatic heterocycles. The lowest BCUT2D eigenvalue weighted by Crippen LogP contribution is -2.42. The van der Waals surface area contributed by atoms with E-state index in [2.05, 4.69) is 5.32 Å². The fourth-order valence-electron chi connectivity index (χ4n) is 3.50. The number of methoxy groups -OCH3 is 1. The molecule has 1 aliphatic rings. The first-order valence-electron chi connectivity index (χ1n) is 8.23. The van der Waals surface area contributed by atoms with Crippen molar-refractivity contribution in [2.45, 2.75) is 31.7 Å². The number of carbonyl (C=O) groups is 2. The highest BCUT2D eigenvalue weighted by molar-refractivity contribution is 5.91. The number of benzene rings is 2. The van der Waals surface area contributed by atoms with Gasteiger partial charge in [0, 0.05) is 6.04 Å². The number of rotatable bonds is 5. The van der Waals surface area contributed by atoms with Gasteiger partial charge in [-0.25, -0.2) is 0 Å². The van der Waals surface area contributed by atoms with Gasteiger partial charge in [0.1, 0.15) is 5.75 Å². The van der Waals surface area contributed by atoms with E-state index in [9.17, 15) is 9.59 Å². The Morgan fingerprint density at radius 1 is 1.25 bits per heavy atom. The topological polar surface area (TPSA) is 81.4 Å². The van der Waals surface area contributed by atoms with Gasteiger partial charge in [0.05, 0.1) is 19.4 Å². The molecule has 24 heavy (non-hydrogen) atoms. The van der Waals surface area contributed by atoms with Crippen molar-refractivity contribution in [2.75, 3.05) is 7.11 Å². The van der Waals surface area contributed by atoms with E-state index in [1.165, 1.54) is 0 Å². The molecule has 0 bridgehead atoms. The summed E-state index contributed by atoms with van der Waals surface area (Å²) in [7, 11) is 1.63. The summed E-state index contributed by atoms with van der Waals surface area (Å²) < 4.78 is 5.28. The second kappa shape index (κ2) is 6.91. The van der Waals surface area contributed by atoms with Crippen LogP contribution in [0, 0.1) is 5.92 Å². The molecule has 0 aromatic heterocycles. The van der Waals surface area contributed by atoms with Gasteiger partial charge in [-0.1, -0.05) is 30.7 Å². The summed E-state index contributed by atoms with van der Waals surface area (Å²) in [5, 5.41) is 5.05. The maximum Gasteiger partial charge on any atom is 0.224 e. The van der Waals surface area contributed by atoms with Crippen LogP contribution in [0.4, 0.5) is 0 Å². The summed E-state index contributed by atoms with van der Waals surface area (Å²) in [5.41, 5.74) is 6.36. The number of nitrogens with one attached hydrogen (secondary N) is 1. The van der Waals surface area contributed by atoms with E-state index in [1.54, 1.807) is 7.11 Å². The minimum atomic E-state index is -0.326. The van der Waals surface area contributed by atoms with Crippen molar-refractivity contribution in [3.63, 3.8) is 0 Å². The quantitative estimate of drug-likeness (QED) is 0.883. The van der Waals surface area contributed by atoms with Crippen LogP contribution in [-0.2, 0) is 16.0 Å². The van der Waals surface area contributed by atoms with E-state index < -0.39 is 0 Å². The number of primary amides is 1. The molecule has 2 aromatic rings. The van der Waals surface area contributed by atoms with Crippen molar-refractivity contribution in [2.24, 2.45) is 11.7 Å². The Kier molecular flexibility index (Phi) is 4.69. The molecule has 0 spiro atoms. The van der Waals surface area contributed by atoms with E-state index in [1.807, 2.05) is 36.4 Å². The van der Waals surface area contributed by atoms with Crippen LogP contribution in [0.5, 0.6) is 5.75 Å². The highest BCUT2D eigenvalue weighted by atomic mass is 16.5. The van der Waals surface area contributed by atoms with Crippen LogP contribution < -0.4 is 15.8 Å². The molecule has 0 heterocycles. The molecule has 1 fully saturated rings. The van der Waals surface area contributed by atoms with Crippen LogP contribution in [-0.4, -0.2) is 25.0 Å². The fourth-order valence-corrected chi connectivity index (χ4v) is 3.50. The Balaban J connectivity index is 1.77. The smallest absolute Gasteiger partial charge is 0.224 e. The Labute approximate surface area is 141 Å². The fraction of sp³-hybridized carbons (Fsp3) is 0.368. The molecular formula is C19H22N2O3. The van der Waals surface area contributed by atoms with Crippen molar-refractivity contribution in [3.05, 3.63) is 42.0 Å². The molecule has 2 amide bonds. The summed E-state index contributed by atoms with van der Waals surface area (Å²) in [6.07, 6.45) is 2.75. The highest BCUT2D eigenvalue weighted by Crippen LogP contribution is 2.27. The predicted octanol–water partition coefficient (Wildman–Crippen LogP) is 2.16. The average molecular weight is 326 g/mol. The molecule has 1 aliphatic carbocycles. The van der Waals surface area contributed by atoms with Gasteiger partial charge in [0.15, 0.2) is 0 Å².